The molecule has 1 heterocycles. The van der Waals surface area contributed by atoms with Crippen LogP contribution in [0.3, 0.4) is 0 Å². The maximum atomic E-state index is 12.6. The molecular formula is C18H17Cl2N3O2. The topological polar surface area (TPSA) is 61.4 Å². The van der Waals surface area contributed by atoms with Crippen molar-refractivity contribution >= 4 is 35.1 Å². The molecule has 25 heavy (non-hydrogen) atoms. The number of amides is 3. The van der Waals surface area contributed by atoms with Gasteiger partial charge in [-0.15, -0.1) is 0 Å². The minimum atomic E-state index is -0.584. The number of hydrogen-bond acceptors (Lipinski definition) is 2. The number of urea groups is 1. The fourth-order valence-corrected chi connectivity index (χ4v) is 2.97. The maximum absolute atomic E-state index is 12.6. The van der Waals surface area contributed by atoms with Gasteiger partial charge in [0.25, 0.3) is 0 Å². The number of likely N-dealkylation sites (N-methyl/N-ethyl adjacent to an activating group) is 1. The molecule has 0 radical (unpaired) electrons. The van der Waals surface area contributed by atoms with E-state index in [0.29, 0.717) is 16.6 Å². The van der Waals surface area contributed by atoms with Crippen LogP contribution < -0.4 is 10.6 Å². The van der Waals surface area contributed by atoms with Crippen LogP contribution >= 0.6 is 23.2 Å². The number of rotatable bonds is 4. The van der Waals surface area contributed by atoms with Crippen LogP contribution in [0, 0.1) is 0 Å². The van der Waals surface area contributed by atoms with Crippen LogP contribution in [-0.4, -0.2) is 36.5 Å². The van der Waals surface area contributed by atoms with E-state index in [9.17, 15) is 9.59 Å². The molecular weight excluding hydrogens is 361 g/mol. The first-order valence-corrected chi connectivity index (χ1v) is 8.52. The Kier molecular flexibility index (Phi) is 5.16. The van der Waals surface area contributed by atoms with Crippen LogP contribution in [0.4, 0.5) is 4.79 Å². The van der Waals surface area contributed by atoms with Gasteiger partial charge in [-0.05, 0) is 35.4 Å². The predicted molar refractivity (Wildman–Crippen MR) is 97.8 cm³/mol. The first-order chi connectivity index (χ1) is 11.9. The summed E-state index contributed by atoms with van der Waals surface area (Å²) < 4.78 is 0. The molecule has 0 aliphatic carbocycles. The molecule has 0 bridgehead atoms. The number of hydrogen-bond donors (Lipinski definition) is 2. The lowest BCUT2D eigenvalue weighted by Gasteiger charge is -2.22. The number of nitrogens with one attached hydrogen (secondary N) is 2. The second-order valence-corrected chi connectivity index (χ2v) is 6.80. The van der Waals surface area contributed by atoms with E-state index in [4.69, 9.17) is 23.2 Å². The van der Waals surface area contributed by atoms with Gasteiger partial charge < -0.3 is 15.5 Å². The van der Waals surface area contributed by atoms with Crippen molar-refractivity contribution in [2.24, 2.45) is 0 Å². The van der Waals surface area contributed by atoms with Gasteiger partial charge in [0, 0.05) is 17.1 Å². The molecule has 1 atom stereocenters. The van der Waals surface area contributed by atoms with E-state index in [1.807, 2.05) is 24.3 Å². The number of benzene rings is 2. The Morgan fingerprint density at radius 3 is 1.96 bits per heavy atom. The highest BCUT2D eigenvalue weighted by Crippen LogP contribution is 2.25. The van der Waals surface area contributed by atoms with Gasteiger partial charge in [-0.25, -0.2) is 4.79 Å². The van der Waals surface area contributed by atoms with Crippen molar-refractivity contribution in [3.63, 3.8) is 0 Å². The second kappa shape index (κ2) is 7.33. The number of carbonyl (C=O) groups excluding carboxylic acids is 2. The van der Waals surface area contributed by atoms with E-state index >= 15 is 0 Å². The molecule has 0 unspecified atom stereocenters. The summed E-state index contributed by atoms with van der Waals surface area (Å²) in [5, 5.41) is 6.91. The molecule has 0 saturated carbocycles. The lowest BCUT2D eigenvalue weighted by Crippen LogP contribution is -2.44. The lowest BCUT2D eigenvalue weighted by molar-refractivity contribution is -0.123. The average molecular weight is 378 g/mol. The summed E-state index contributed by atoms with van der Waals surface area (Å²) in [6.45, 7) is 0.332. The van der Waals surface area contributed by atoms with Gasteiger partial charge in [0.2, 0.25) is 5.91 Å². The summed E-state index contributed by atoms with van der Waals surface area (Å²) in [5.74, 6) is -0.243. The standard InChI is InChI=1S/C18H17Cl2N3O2/c1-23-10-15(21-18(23)25)17(24)22-16(11-2-6-13(19)7-3-11)12-4-8-14(20)9-5-12/h2-9,15-16H,10H2,1H3,(H,21,25)(H,22,24)/t15-/m1/s1. The molecule has 1 saturated heterocycles. The van der Waals surface area contributed by atoms with E-state index in [1.165, 1.54) is 4.90 Å². The van der Waals surface area contributed by atoms with E-state index in [0.717, 1.165) is 11.1 Å². The third-order valence-corrected chi connectivity index (χ3v) is 4.61. The van der Waals surface area contributed by atoms with Crippen LogP contribution in [0.25, 0.3) is 0 Å². The van der Waals surface area contributed by atoms with Crippen LogP contribution in [0.5, 0.6) is 0 Å². The molecule has 7 heteroatoms. The van der Waals surface area contributed by atoms with Crippen LogP contribution in [0.2, 0.25) is 10.0 Å². The van der Waals surface area contributed by atoms with Crippen molar-refractivity contribution in [1.82, 2.24) is 15.5 Å². The zero-order valence-electron chi connectivity index (χ0n) is 13.5. The Labute approximate surface area is 155 Å². The molecule has 1 fully saturated rings. The third-order valence-electron chi connectivity index (χ3n) is 4.11. The number of nitrogens with zero attached hydrogens (tertiary/aromatic N) is 1. The van der Waals surface area contributed by atoms with Crippen molar-refractivity contribution in [3.8, 4) is 0 Å². The smallest absolute Gasteiger partial charge is 0.317 e. The third kappa shape index (κ3) is 4.06. The lowest BCUT2D eigenvalue weighted by atomic mass is 9.98. The predicted octanol–water partition coefficient (Wildman–Crippen LogP) is 3.22. The molecule has 0 aromatic heterocycles. The summed E-state index contributed by atoms with van der Waals surface area (Å²) in [5.41, 5.74) is 1.77. The monoisotopic (exact) mass is 377 g/mol. The normalized spacial score (nSPS) is 16.9. The SMILES string of the molecule is CN1C[C@H](C(=O)NC(c2ccc(Cl)cc2)c2ccc(Cl)cc2)NC1=O. The summed E-state index contributed by atoms with van der Waals surface area (Å²) in [4.78, 5) is 25.7. The molecule has 3 amide bonds. The van der Waals surface area contributed by atoms with E-state index in [1.54, 1.807) is 31.3 Å². The second-order valence-electron chi connectivity index (χ2n) is 5.93. The summed E-state index contributed by atoms with van der Waals surface area (Å²) >= 11 is 11.9. The molecule has 2 N–H and O–H groups in total. The zero-order chi connectivity index (χ0) is 18.0. The zero-order valence-corrected chi connectivity index (χ0v) is 15.0. The van der Waals surface area contributed by atoms with Crippen LogP contribution in [0.1, 0.15) is 17.2 Å². The van der Waals surface area contributed by atoms with Gasteiger partial charge in [-0.2, -0.15) is 0 Å². The largest absolute Gasteiger partial charge is 0.343 e. The van der Waals surface area contributed by atoms with Crippen molar-refractivity contribution in [2.45, 2.75) is 12.1 Å². The van der Waals surface area contributed by atoms with Gasteiger partial charge in [-0.3, -0.25) is 4.79 Å². The van der Waals surface area contributed by atoms with Crippen molar-refractivity contribution in [2.75, 3.05) is 13.6 Å². The molecule has 1 aliphatic rings. The average Bonchev–Trinajstić information content (AvgIpc) is 2.94. The number of carbonyl (C=O) groups is 2. The van der Waals surface area contributed by atoms with Gasteiger partial charge in [0.1, 0.15) is 6.04 Å². The molecule has 3 rings (SSSR count). The van der Waals surface area contributed by atoms with E-state index in [-0.39, 0.29) is 18.0 Å². The van der Waals surface area contributed by atoms with Crippen molar-refractivity contribution in [1.29, 1.82) is 0 Å². The highest BCUT2D eigenvalue weighted by Gasteiger charge is 2.32. The molecule has 130 valence electrons. The summed E-state index contributed by atoms with van der Waals surface area (Å²) in [6.07, 6.45) is 0. The highest BCUT2D eigenvalue weighted by atomic mass is 35.5. The summed E-state index contributed by atoms with van der Waals surface area (Å²) in [6, 6.07) is 13.3. The maximum Gasteiger partial charge on any atom is 0.317 e. The van der Waals surface area contributed by atoms with Gasteiger partial charge in [0.15, 0.2) is 0 Å². The molecule has 1 aliphatic heterocycles. The fourth-order valence-electron chi connectivity index (χ4n) is 2.72. The Balaban J connectivity index is 1.86. The van der Waals surface area contributed by atoms with Crippen molar-refractivity contribution in [3.05, 3.63) is 69.7 Å². The fraction of sp³-hybridized carbons (Fsp3) is 0.222. The Morgan fingerprint density at radius 1 is 1.08 bits per heavy atom. The Bertz CT molecular complexity index is 732. The molecule has 0 spiro atoms. The first kappa shape index (κ1) is 17.6. The number of halogens is 2. The van der Waals surface area contributed by atoms with E-state index < -0.39 is 6.04 Å². The first-order valence-electron chi connectivity index (χ1n) is 7.77. The molecule has 2 aromatic rings. The van der Waals surface area contributed by atoms with Gasteiger partial charge in [-0.1, -0.05) is 47.5 Å². The Hall–Kier alpha value is -2.24. The van der Waals surface area contributed by atoms with Crippen LogP contribution in [0.15, 0.2) is 48.5 Å². The highest BCUT2D eigenvalue weighted by molar-refractivity contribution is 6.30. The van der Waals surface area contributed by atoms with E-state index in [2.05, 4.69) is 10.6 Å². The summed E-state index contributed by atoms with van der Waals surface area (Å²) in [7, 11) is 1.65. The molecule has 2 aromatic carbocycles. The van der Waals surface area contributed by atoms with Crippen molar-refractivity contribution < 1.29 is 9.59 Å². The quantitative estimate of drug-likeness (QED) is 0.858. The van der Waals surface area contributed by atoms with Gasteiger partial charge >= 0.3 is 6.03 Å². The minimum absolute atomic E-state index is 0.243. The van der Waals surface area contributed by atoms with Gasteiger partial charge in [0.05, 0.1) is 12.6 Å². The molecule has 5 nitrogen and oxygen atoms in total. The van der Waals surface area contributed by atoms with Crippen LogP contribution in [-0.2, 0) is 4.79 Å². The Morgan fingerprint density at radius 2 is 1.56 bits per heavy atom. The minimum Gasteiger partial charge on any atom is -0.343 e.